The lowest BCUT2D eigenvalue weighted by Gasteiger charge is -2.28. The number of pyridine rings is 1. The minimum atomic E-state index is -4.66. The normalized spacial score (nSPS) is 15.8. The highest BCUT2D eigenvalue weighted by Crippen LogP contribution is 2.39. The Morgan fingerprint density at radius 1 is 0.974 bits per heavy atom. The Kier molecular flexibility index (Phi) is 10.2. The molecule has 0 saturated carbocycles. The summed E-state index contributed by atoms with van der Waals surface area (Å²) in [5, 5.41) is 48.6. The van der Waals surface area contributed by atoms with E-state index in [0.717, 1.165) is 36.9 Å². The predicted octanol–water partition coefficient (Wildman–Crippen LogP) is 2.05. The second kappa shape index (κ2) is 12.8. The molecule has 3 rings (SSSR count). The number of aryl methyl sites for hydroxylation is 2. The van der Waals surface area contributed by atoms with E-state index in [1.807, 2.05) is 11.5 Å². The van der Waals surface area contributed by atoms with Crippen LogP contribution in [-0.2, 0) is 12.7 Å². The number of benzene rings is 1. The molecule has 0 fully saturated rings. The number of nitrogens with zero attached hydrogens (tertiary/aromatic N) is 2. The van der Waals surface area contributed by atoms with E-state index < -0.39 is 48.3 Å². The van der Waals surface area contributed by atoms with E-state index in [1.165, 1.54) is 6.07 Å². The smallest absolute Gasteiger partial charge is 0.394 e. The second-order valence-corrected chi connectivity index (χ2v) is 10.3. The lowest BCUT2D eigenvalue weighted by atomic mass is 10.0. The molecule has 0 aliphatic heterocycles. The molecule has 0 bridgehead atoms. The number of unbranched alkanes of at least 4 members (excludes halogenated alkanes) is 3. The van der Waals surface area contributed by atoms with Gasteiger partial charge in [0.25, 0.3) is 0 Å². The average Bonchev–Trinajstić information content (AvgIpc) is 3.12. The zero-order valence-corrected chi connectivity index (χ0v) is 22.4. The first kappa shape index (κ1) is 31.1. The molecular weight excluding hydrogens is 519 g/mol. The summed E-state index contributed by atoms with van der Waals surface area (Å²) in [5.74, 6) is 0. The molecule has 218 valence electrons. The highest BCUT2D eigenvalue weighted by atomic mass is 19.4. The average molecular weight is 558 g/mol. The zero-order valence-electron chi connectivity index (χ0n) is 22.4. The number of likely N-dealkylation sites (N-methyl/N-ethyl adjacent to an activating group) is 1. The quantitative estimate of drug-likeness (QED) is 0.177. The number of halogens is 3. The van der Waals surface area contributed by atoms with Gasteiger partial charge in [-0.1, -0.05) is 12.8 Å². The number of nitrogens with one attached hydrogen (secondary N) is 1. The third kappa shape index (κ3) is 7.00. The van der Waals surface area contributed by atoms with Crippen LogP contribution in [0.4, 0.5) is 13.2 Å². The van der Waals surface area contributed by atoms with Gasteiger partial charge in [-0.15, -0.1) is 0 Å². The largest absolute Gasteiger partial charge is 0.417 e. The first-order chi connectivity index (χ1) is 18.3. The molecule has 39 heavy (non-hydrogen) atoms. The van der Waals surface area contributed by atoms with Gasteiger partial charge < -0.3 is 40.0 Å². The van der Waals surface area contributed by atoms with Gasteiger partial charge in [-0.05, 0) is 58.0 Å². The van der Waals surface area contributed by atoms with Crippen molar-refractivity contribution in [3.63, 3.8) is 0 Å². The van der Waals surface area contributed by atoms with Crippen LogP contribution >= 0.6 is 0 Å². The molecule has 0 saturated heterocycles. The minimum absolute atomic E-state index is 0.00711. The number of aromatic amines is 1. The van der Waals surface area contributed by atoms with E-state index in [-0.39, 0.29) is 17.4 Å². The monoisotopic (exact) mass is 557 g/mol. The van der Waals surface area contributed by atoms with Crippen LogP contribution in [0, 0.1) is 13.8 Å². The number of aromatic nitrogens is 2. The fourth-order valence-electron chi connectivity index (χ4n) is 5.11. The summed E-state index contributed by atoms with van der Waals surface area (Å²) in [6, 6.07) is 3.89. The van der Waals surface area contributed by atoms with Crippen LogP contribution in [0.5, 0.6) is 0 Å². The maximum Gasteiger partial charge on any atom is 0.417 e. The van der Waals surface area contributed by atoms with Crippen LogP contribution in [0.15, 0.2) is 23.0 Å². The van der Waals surface area contributed by atoms with E-state index >= 15 is 0 Å². The van der Waals surface area contributed by atoms with Crippen molar-refractivity contribution >= 4 is 21.8 Å². The minimum Gasteiger partial charge on any atom is -0.394 e. The maximum absolute atomic E-state index is 13.8. The molecule has 4 atom stereocenters. The van der Waals surface area contributed by atoms with Gasteiger partial charge in [-0.3, -0.25) is 4.79 Å². The van der Waals surface area contributed by atoms with Gasteiger partial charge in [0.2, 0.25) is 5.56 Å². The van der Waals surface area contributed by atoms with Gasteiger partial charge in [0, 0.05) is 46.7 Å². The van der Waals surface area contributed by atoms with Crippen LogP contribution in [-0.4, -0.2) is 91.1 Å². The molecule has 9 nitrogen and oxygen atoms in total. The first-order valence-electron chi connectivity index (χ1n) is 13.0. The molecule has 1 aromatic carbocycles. The van der Waals surface area contributed by atoms with E-state index in [0.29, 0.717) is 30.1 Å². The molecule has 0 aliphatic carbocycles. The maximum atomic E-state index is 13.8. The Morgan fingerprint density at radius 2 is 1.62 bits per heavy atom. The van der Waals surface area contributed by atoms with Crippen molar-refractivity contribution in [3.05, 3.63) is 45.4 Å². The molecule has 0 aliphatic rings. The fourth-order valence-corrected chi connectivity index (χ4v) is 5.11. The number of aliphatic hydroxyl groups is 5. The van der Waals surface area contributed by atoms with Crippen molar-refractivity contribution in [1.29, 1.82) is 0 Å². The second-order valence-electron chi connectivity index (χ2n) is 10.3. The summed E-state index contributed by atoms with van der Waals surface area (Å²) < 4.78 is 43.5. The highest BCUT2D eigenvalue weighted by molar-refractivity contribution is 6.09. The Labute approximate surface area is 224 Å². The molecule has 3 aromatic rings. The summed E-state index contributed by atoms with van der Waals surface area (Å²) in [7, 11) is 1.76. The fraction of sp³-hybridized carbons (Fsp3) is 0.593. The third-order valence-corrected chi connectivity index (χ3v) is 7.40. The summed E-state index contributed by atoms with van der Waals surface area (Å²) in [6.45, 7) is 4.26. The summed E-state index contributed by atoms with van der Waals surface area (Å²) in [4.78, 5) is 16.2. The van der Waals surface area contributed by atoms with Gasteiger partial charge >= 0.3 is 6.18 Å². The number of hydrogen-bond acceptors (Lipinski definition) is 7. The van der Waals surface area contributed by atoms with E-state index in [4.69, 9.17) is 5.11 Å². The molecule has 0 unspecified atom stereocenters. The van der Waals surface area contributed by atoms with Crippen LogP contribution < -0.4 is 5.56 Å². The van der Waals surface area contributed by atoms with Crippen LogP contribution in [0.3, 0.4) is 0 Å². The summed E-state index contributed by atoms with van der Waals surface area (Å²) in [5.41, 5.74) is 0.731. The Bertz CT molecular complexity index is 1320. The van der Waals surface area contributed by atoms with Gasteiger partial charge in [0.05, 0.1) is 18.3 Å². The molecule has 0 amide bonds. The van der Waals surface area contributed by atoms with E-state index in [9.17, 15) is 38.4 Å². The van der Waals surface area contributed by atoms with Gasteiger partial charge in [-0.2, -0.15) is 13.2 Å². The van der Waals surface area contributed by atoms with E-state index in [1.54, 1.807) is 24.9 Å². The van der Waals surface area contributed by atoms with Gasteiger partial charge in [-0.25, -0.2) is 0 Å². The standard InChI is InChI=1S/C27H38F3N3O6/c1-15-16(2)33(19-9-8-18-24(23(15)19)17(27(28,29)30)12-22(37)31-18)11-7-5-4-6-10-32(3)13-20(35)25(38)26(39)21(36)14-34/h8-9,12,20-21,25-26,34-36,38-39H,4-7,10-11,13-14H2,1-3H3,(H,31,37)/t20-,21-,25-,26-/m0/s1. The number of aliphatic hydroxyl groups excluding tert-OH is 5. The summed E-state index contributed by atoms with van der Waals surface area (Å²) >= 11 is 0. The lowest BCUT2D eigenvalue weighted by molar-refractivity contribution is -0.136. The number of hydrogen-bond donors (Lipinski definition) is 6. The molecule has 0 radical (unpaired) electrons. The Balaban J connectivity index is 1.60. The van der Waals surface area contributed by atoms with Crippen molar-refractivity contribution in [1.82, 2.24) is 14.5 Å². The molecule has 0 spiro atoms. The molecular formula is C27H38F3N3O6. The van der Waals surface area contributed by atoms with E-state index in [2.05, 4.69) is 4.98 Å². The topological polar surface area (TPSA) is 142 Å². The van der Waals surface area contributed by atoms with Crippen molar-refractivity contribution in [2.24, 2.45) is 0 Å². The number of rotatable bonds is 13. The van der Waals surface area contributed by atoms with Crippen LogP contribution in [0.25, 0.3) is 21.8 Å². The first-order valence-corrected chi connectivity index (χ1v) is 13.0. The predicted molar refractivity (Wildman–Crippen MR) is 142 cm³/mol. The number of H-pyrrole nitrogens is 1. The SMILES string of the molecule is Cc1c(C)n(CCCCCCN(C)C[C@H](O)[C@H](O)[C@@H](O)[C@@H](O)CO)c2ccc3[nH]c(=O)cc(C(F)(F)F)c3c12. The van der Waals surface area contributed by atoms with Crippen LogP contribution in [0.2, 0.25) is 0 Å². The Morgan fingerprint density at radius 3 is 2.26 bits per heavy atom. The molecule has 12 heteroatoms. The third-order valence-electron chi connectivity index (χ3n) is 7.40. The van der Waals surface area contributed by atoms with Crippen molar-refractivity contribution in [3.8, 4) is 0 Å². The Hall–Kier alpha value is -2.48. The molecule has 6 N–H and O–H groups in total. The summed E-state index contributed by atoms with van der Waals surface area (Å²) in [6.07, 6.45) is -7.41. The van der Waals surface area contributed by atoms with Gasteiger partial charge in [0.1, 0.15) is 18.3 Å². The molecule has 2 aromatic heterocycles. The lowest BCUT2D eigenvalue weighted by Crippen LogP contribution is -2.49. The zero-order chi connectivity index (χ0) is 29.1. The highest BCUT2D eigenvalue weighted by Gasteiger charge is 2.35. The van der Waals surface area contributed by atoms with Crippen molar-refractivity contribution in [2.75, 3.05) is 26.7 Å². The van der Waals surface area contributed by atoms with Gasteiger partial charge in [0.15, 0.2) is 0 Å². The molecule has 2 heterocycles. The number of fused-ring (bicyclic) bond motifs is 3. The van der Waals surface area contributed by atoms with Crippen molar-refractivity contribution < 1.29 is 38.7 Å². The number of alkyl halides is 3. The van der Waals surface area contributed by atoms with Crippen molar-refractivity contribution in [2.45, 2.75) is 76.7 Å². The van der Waals surface area contributed by atoms with Crippen LogP contribution in [0.1, 0.15) is 42.5 Å².